The molecular formula is C14H14Cl2N4O. The molecular weight excluding hydrogens is 311 g/mol. The number of nitrogen functional groups attached to an aromatic ring is 1. The van der Waals surface area contributed by atoms with Crippen LogP contribution in [0.4, 0.5) is 5.82 Å². The van der Waals surface area contributed by atoms with Crippen LogP contribution in [0.3, 0.4) is 0 Å². The number of nitrogens with zero attached hydrogens (tertiary/aromatic N) is 1. The molecule has 2 aromatic rings. The van der Waals surface area contributed by atoms with E-state index in [1.807, 2.05) is 6.07 Å². The number of halogens is 2. The molecule has 0 spiro atoms. The van der Waals surface area contributed by atoms with E-state index >= 15 is 0 Å². The standard InChI is InChI=1S/C14H14Cl2N4O/c15-10-4-3-9(12(16)8-10)5-7-19-14(21)11-2-1-6-18-13(11)20-17/h1-4,6,8H,5,7,17H2,(H,18,20)(H,19,21). The van der Waals surface area contributed by atoms with Gasteiger partial charge in [0, 0.05) is 22.8 Å². The first-order valence-corrected chi connectivity index (χ1v) is 7.01. The summed E-state index contributed by atoms with van der Waals surface area (Å²) < 4.78 is 0. The average molecular weight is 325 g/mol. The van der Waals surface area contributed by atoms with Gasteiger partial charge in [-0.3, -0.25) is 4.79 Å². The number of aromatic nitrogens is 1. The fraction of sp³-hybridized carbons (Fsp3) is 0.143. The minimum atomic E-state index is -0.249. The summed E-state index contributed by atoms with van der Waals surface area (Å²) in [5.74, 6) is 5.40. The van der Waals surface area contributed by atoms with Crippen molar-refractivity contribution in [2.24, 2.45) is 5.84 Å². The summed E-state index contributed by atoms with van der Waals surface area (Å²) in [5, 5.41) is 3.97. The van der Waals surface area contributed by atoms with Crippen LogP contribution in [0.2, 0.25) is 10.0 Å². The number of hydrogen-bond acceptors (Lipinski definition) is 4. The lowest BCUT2D eigenvalue weighted by atomic mass is 10.1. The van der Waals surface area contributed by atoms with Crippen LogP contribution >= 0.6 is 23.2 Å². The number of carbonyl (C=O) groups is 1. The molecule has 0 aliphatic rings. The van der Waals surface area contributed by atoms with Crippen LogP contribution in [0, 0.1) is 0 Å². The molecule has 0 atom stereocenters. The topological polar surface area (TPSA) is 80.0 Å². The molecule has 7 heteroatoms. The number of nitrogens with one attached hydrogen (secondary N) is 2. The van der Waals surface area contributed by atoms with Gasteiger partial charge in [0.1, 0.15) is 0 Å². The summed E-state index contributed by atoms with van der Waals surface area (Å²) in [6.45, 7) is 0.444. The van der Waals surface area contributed by atoms with Crippen LogP contribution in [0.15, 0.2) is 36.5 Å². The molecule has 0 aliphatic heterocycles. The van der Waals surface area contributed by atoms with Gasteiger partial charge in [-0.25, -0.2) is 10.8 Å². The van der Waals surface area contributed by atoms with Crippen molar-refractivity contribution in [2.45, 2.75) is 6.42 Å². The second-order valence-electron chi connectivity index (χ2n) is 4.29. The quantitative estimate of drug-likeness (QED) is 0.583. The third-order valence-corrected chi connectivity index (χ3v) is 3.47. The van der Waals surface area contributed by atoms with E-state index in [0.29, 0.717) is 34.4 Å². The molecule has 2 rings (SSSR count). The first kappa shape index (κ1) is 15.6. The van der Waals surface area contributed by atoms with Crippen LogP contribution < -0.4 is 16.6 Å². The SMILES string of the molecule is NNc1ncccc1C(=O)NCCc1ccc(Cl)cc1Cl. The lowest BCUT2D eigenvalue weighted by Crippen LogP contribution is -2.27. The van der Waals surface area contributed by atoms with Gasteiger partial charge in [0.05, 0.1) is 5.56 Å². The summed E-state index contributed by atoms with van der Waals surface area (Å²) in [7, 11) is 0. The zero-order valence-electron chi connectivity index (χ0n) is 11.1. The molecule has 0 fully saturated rings. The molecule has 0 radical (unpaired) electrons. The Labute approximate surface area is 132 Å². The number of hydrazine groups is 1. The summed E-state index contributed by atoms with van der Waals surface area (Å²) in [6, 6.07) is 8.60. The minimum Gasteiger partial charge on any atom is -0.352 e. The zero-order chi connectivity index (χ0) is 15.2. The van der Waals surface area contributed by atoms with Crippen molar-refractivity contribution in [2.75, 3.05) is 12.0 Å². The number of benzene rings is 1. The summed E-state index contributed by atoms with van der Waals surface area (Å²) in [4.78, 5) is 16.0. The predicted molar refractivity (Wildman–Crippen MR) is 84.5 cm³/mol. The Kier molecular flexibility index (Phi) is 5.38. The van der Waals surface area contributed by atoms with Crippen LogP contribution in [0.5, 0.6) is 0 Å². The molecule has 1 aromatic carbocycles. The third kappa shape index (κ3) is 4.07. The lowest BCUT2D eigenvalue weighted by Gasteiger charge is -2.09. The van der Waals surface area contributed by atoms with Crippen molar-refractivity contribution in [1.82, 2.24) is 10.3 Å². The van der Waals surface area contributed by atoms with Crippen LogP contribution in [-0.2, 0) is 6.42 Å². The average Bonchev–Trinajstić information content (AvgIpc) is 2.49. The second kappa shape index (κ2) is 7.26. The highest BCUT2D eigenvalue weighted by atomic mass is 35.5. The molecule has 0 aliphatic carbocycles. The summed E-state index contributed by atoms with van der Waals surface area (Å²) >= 11 is 11.9. The zero-order valence-corrected chi connectivity index (χ0v) is 12.6. The van der Waals surface area contributed by atoms with E-state index in [-0.39, 0.29) is 5.91 Å². The number of nitrogens with two attached hydrogens (primary N) is 1. The second-order valence-corrected chi connectivity index (χ2v) is 5.13. The number of anilines is 1. The molecule has 21 heavy (non-hydrogen) atoms. The Morgan fingerprint density at radius 3 is 2.81 bits per heavy atom. The highest BCUT2D eigenvalue weighted by Crippen LogP contribution is 2.21. The summed E-state index contributed by atoms with van der Waals surface area (Å²) in [5.41, 5.74) is 3.70. The van der Waals surface area contributed by atoms with Gasteiger partial charge in [0.2, 0.25) is 0 Å². The van der Waals surface area contributed by atoms with Crippen LogP contribution in [0.1, 0.15) is 15.9 Å². The van der Waals surface area contributed by atoms with Crippen molar-refractivity contribution >= 4 is 34.9 Å². The molecule has 0 bridgehead atoms. The van der Waals surface area contributed by atoms with Gasteiger partial charge in [0.15, 0.2) is 5.82 Å². The normalized spacial score (nSPS) is 10.2. The number of carbonyl (C=O) groups excluding carboxylic acids is 1. The van der Waals surface area contributed by atoms with E-state index in [0.717, 1.165) is 5.56 Å². The molecule has 110 valence electrons. The molecule has 5 nitrogen and oxygen atoms in total. The maximum absolute atomic E-state index is 12.1. The fourth-order valence-corrected chi connectivity index (χ4v) is 2.34. The first-order chi connectivity index (χ1) is 10.1. The van der Waals surface area contributed by atoms with E-state index in [1.165, 1.54) is 0 Å². The maximum atomic E-state index is 12.1. The maximum Gasteiger partial charge on any atom is 0.255 e. The molecule has 1 heterocycles. The number of hydrogen-bond donors (Lipinski definition) is 3. The Balaban J connectivity index is 1.95. The van der Waals surface area contributed by atoms with E-state index < -0.39 is 0 Å². The monoisotopic (exact) mass is 324 g/mol. The fourth-order valence-electron chi connectivity index (χ4n) is 1.83. The van der Waals surface area contributed by atoms with E-state index in [4.69, 9.17) is 29.0 Å². The van der Waals surface area contributed by atoms with Gasteiger partial charge in [-0.15, -0.1) is 0 Å². The van der Waals surface area contributed by atoms with Crippen LogP contribution in [-0.4, -0.2) is 17.4 Å². The summed E-state index contributed by atoms with van der Waals surface area (Å²) in [6.07, 6.45) is 2.16. The number of pyridine rings is 1. The molecule has 0 saturated heterocycles. The van der Waals surface area contributed by atoms with Gasteiger partial charge in [-0.2, -0.15) is 0 Å². The van der Waals surface area contributed by atoms with Crippen molar-refractivity contribution in [3.05, 3.63) is 57.7 Å². The van der Waals surface area contributed by atoms with Gasteiger partial charge in [0.25, 0.3) is 5.91 Å². The van der Waals surface area contributed by atoms with Crippen molar-refractivity contribution in [1.29, 1.82) is 0 Å². The molecule has 0 unspecified atom stereocenters. The molecule has 1 amide bonds. The first-order valence-electron chi connectivity index (χ1n) is 6.25. The van der Waals surface area contributed by atoms with E-state index in [2.05, 4.69) is 15.7 Å². The van der Waals surface area contributed by atoms with Gasteiger partial charge < -0.3 is 10.7 Å². The van der Waals surface area contributed by atoms with Crippen molar-refractivity contribution in [3.8, 4) is 0 Å². The Morgan fingerprint density at radius 1 is 1.29 bits per heavy atom. The smallest absolute Gasteiger partial charge is 0.255 e. The molecule has 1 aromatic heterocycles. The van der Waals surface area contributed by atoms with Crippen molar-refractivity contribution in [3.63, 3.8) is 0 Å². The molecule has 4 N–H and O–H groups in total. The van der Waals surface area contributed by atoms with E-state index in [1.54, 1.807) is 30.5 Å². The Hall–Kier alpha value is -1.82. The molecule has 0 saturated carbocycles. The number of rotatable bonds is 5. The van der Waals surface area contributed by atoms with Crippen molar-refractivity contribution < 1.29 is 4.79 Å². The number of amides is 1. The Bertz CT molecular complexity index is 649. The van der Waals surface area contributed by atoms with Crippen LogP contribution in [0.25, 0.3) is 0 Å². The highest BCUT2D eigenvalue weighted by Gasteiger charge is 2.11. The third-order valence-electron chi connectivity index (χ3n) is 2.88. The predicted octanol–water partition coefficient (Wildman–Crippen LogP) is 2.65. The lowest BCUT2D eigenvalue weighted by molar-refractivity contribution is 0.0954. The minimum absolute atomic E-state index is 0.249. The highest BCUT2D eigenvalue weighted by molar-refractivity contribution is 6.35. The van der Waals surface area contributed by atoms with E-state index in [9.17, 15) is 4.79 Å². The van der Waals surface area contributed by atoms with Gasteiger partial charge in [-0.05, 0) is 36.2 Å². The Morgan fingerprint density at radius 2 is 2.10 bits per heavy atom. The van der Waals surface area contributed by atoms with Gasteiger partial charge in [-0.1, -0.05) is 29.3 Å². The van der Waals surface area contributed by atoms with Gasteiger partial charge >= 0.3 is 0 Å². The largest absolute Gasteiger partial charge is 0.352 e.